The molecule has 5 unspecified atom stereocenters. The number of ether oxygens (including phenoxy) is 1. The van der Waals surface area contributed by atoms with E-state index >= 15 is 0 Å². The Morgan fingerprint density at radius 3 is 2.44 bits per heavy atom. The molecule has 1 aromatic carbocycles. The van der Waals surface area contributed by atoms with Crippen LogP contribution in [-0.4, -0.2) is 34.5 Å². The average molecular weight is 268 g/mol. The van der Waals surface area contributed by atoms with Gasteiger partial charge in [-0.05, 0) is 12.1 Å². The highest BCUT2D eigenvalue weighted by atomic mass is 32.2. The minimum absolute atomic E-state index is 0.0300. The Labute approximate surface area is 112 Å². The zero-order valence-corrected chi connectivity index (χ0v) is 11.5. The van der Waals surface area contributed by atoms with Crippen LogP contribution in [0.1, 0.15) is 13.8 Å². The summed E-state index contributed by atoms with van der Waals surface area (Å²) in [5.41, 5.74) is -0.115. The maximum absolute atomic E-state index is 10.2. The van der Waals surface area contributed by atoms with Gasteiger partial charge in [0.1, 0.15) is 5.44 Å². The van der Waals surface area contributed by atoms with Crippen molar-refractivity contribution in [1.82, 2.24) is 0 Å². The molecule has 0 saturated carbocycles. The molecule has 0 aliphatic carbocycles. The van der Waals surface area contributed by atoms with E-state index in [1.165, 1.54) is 0 Å². The van der Waals surface area contributed by atoms with E-state index in [9.17, 15) is 10.2 Å². The maximum atomic E-state index is 10.2. The summed E-state index contributed by atoms with van der Waals surface area (Å²) in [5, 5.41) is 19.5. The fourth-order valence-electron chi connectivity index (χ4n) is 2.26. The summed E-state index contributed by atoms with van der Waals surface area (Å²) in [5.74, 6) is 0.0191. The SMILES string of the molecule is CC1C(CO)OC(Sc2ccccc2)C(C)C1O. The molecule has 0 spiro atoms. The van der Waals surface area contributed by atoms with Crippen LogP contribution in [0, 0.1) is 11.8 Å². The van der Waals surface area contributed by atoms with Gasteiger partial charge in [0.2, 0.25) is 0 Å². The Morgan fingerprint density at radius 2 is 1.83 bits per heavy atom. The van der Waals surface area contributed by atoms with E-state index in [-0.39, 0.29) is 30.0 Å². The lowest BCUT2D eigenvalue weighted by atomic mass is 9.87. The smallest absolute Gasteiger partial charge is 0.113 e. The minimum atomic E-state index is -0.433. The van der Waals surface area contributed by atoms with Crippen LogP contribution < -0.4 is 0 Å². The van der Waals surface area contributed by atoms with Crippen molar-refractivity contribution in [3.8, 4) is 0 Å². The van der Waals surface area contributed by atoms with E-state index < -0.39 is 6.10 Å². The monoisotopic (exact) mass is 268 g/mol. The van der Waals surface area contributed by atoms with Gasteiger partial charge in [-0.2, -0.15) is 0 Å². The summed E-state index contributed by atoms with van der Waals surface area (Å²) in [6, 6.07) is 10.00. The van der Waals surface area contributed by atoms with Gasteiger partial charge in [-0.25, -0.2) is 0 Å². The summed E-state index contributed by atoms with van der Waals surface area (Å²) in [6.45, 7) is 3.87. The van der Waals surface area contributed by atoms with Gasteiger partial charge in [-0.15, -0.1) is 0 Å². The number of benzene rings is 1. The lowest BCUT2D eigenvalue weighted by molar-refractivity contribution is -0.144. The van der Waals surface area contributed by atoms with Gasteiger partial charge in [0.25, 0.3) is 0 Å². The standard InChI is InChI=1S/C14H20O3S/c1-9-12(8-15)17-14(10(2)13(9)16)18-11-6-4-3-5-7-11/h3-7,9-10,12-16H,8H2,1-2H3. The number of aliphatic hydroxyl groups is 2. The van der Waals surface area contributed by atoms with E-state index in [2.05, 4.69) is 0 Å². The van der Waals surface area contributed by atoms with Gasteiger partial charge in [-0.3, -0.25) is 0 Å². The van der Waals surface area contributed by atoms with Crippen LogP contribution in [0.4, 0.5) is 0 Å². The predicted molar refractivity (Wildman–Crippen MR) is 72.4 cm³/mol. The Kier molecular flexibility index (Phi) is 4.67. The average Bonchev–Trinajstić information content (AvgIpc) is 2.40. The third-order valence-corrected chi connectivity index (χ3v) is 4.89. The van der Waals surface area contributed by atoms with Crippen LogP contribution in [0.5, 0.6) is 0 Å². The van der Waals surface area contributed by atoms with Crippen LogP contribution in [0.25, 0.3) is 0 Å². The normalized spacial score (nSPS) is 36.6. The van der Waals surface area contributed by atoms with Crippen molar-refractivity contribution in [1.29, 1.82) is 0 Å². The van der Waals surface area contributed by atoms with Crippen molar-refractivity contribution >= 4 is 11.8 Å². The summed E-state index contributed by atoms with van der Waals surface area (Å²) in [6.07, 6.45) is -0.713. The second-order valence-corrected chi connectivity index (χ2v) is 6.04. The second-order valence-electron chi connectivity index (χ2n) is 4.87. The van der Waals surface area contributed by atoms with Crippen molar-refractivity contribution in [2.45, 2.75) is 36.4 Å². The van der Waals surface area contributed by atoms with Crippen molar-refractivity contribution < 1.29 is 14.9 Å². The molecular formula is C14H20O3S. The summed E-state index contributed by atoms with van der Waals surface area (Å²) in [4.78, 5) is 1.12. The number of aliphatic hydroxyl groups excluding tert-OH is 2. The molecule has 1 saturated heterocycles. The molecular weight excluding hydrogens is 248 g/mol. The number of hydrogen-bond donors (Lipinski definition) is 2. The molecule has 0 bridgehead atoms. The van der Waals surface area contributed by atoms with Gasteiger partial charge in [0.15, 0.2) is 0 Å². The molecule has 3 nitrogen and oxygen atoms in total. The Morgan fingerprint density at radius 1 is 1.17 bits per heavy atom. The first-order valence-electron chi connectivity index (χ1n) is 6.29. The quantitative estimate of drug-likeness (QED) is 0.881. The van der Waals surface area contributed by atoms with Crippen LogP contribution in [0.2, 0.25) is 0 Å². The van der Waals surface area contributed by atoms with Crippen molar-refractivity contribution in [2.24, 2.45) is 11.8 Å². The molecule has 5 atom stereocenters. The topological polar surface area (TPSA) is 49.7 Å². The Balaban J connectivity index is 2.08. The van der Waals surface area contributed by atoms with Gasteiger partial charge in [0.05, 0.1) is 18.8 Å². The first kappa shape index (κ1) is 13.9. The Bertz CT molecular complexity index is 369. The molecule has 1 fully saturated rings. The van der Waals surface area contributed by atoms with Crippen molar-refractivity contribution in [2.75, 3.05) is 6.61 Å². The lowest BCUT2D eigenvalue weighted by Crippen LogP contribution is -2.49. The highest BCUT2D eigenvalue weighted by Gasteiger charge is 2.40. The number of rotatable bonds is 3. The van der Waals surface area contributed by atoms with Crippen LogP contribution in [0.15, 0.2) is 35.2 Å². The highest BCUT2D eigenvalue weighted by Crippen LogP contribution is 2.38. The van der Waals surface area contributed by atoms with Crippen LogP contribution in [-0.2, 0) is 4.74 Å². The molecule has 1 heterocycles. The molecule has 1 aliphatic rings. The van der Waals surface area contributed by atoms with Gasteiger partial charge >= 0.3 is 0 Å². The molecule has 2 rings (SSSR count). The highest BCUT2D eigenvalue weighted by molar-refractivity contribution is 7.99. The first-order chi connectivity index (χ1) is 8.63. The van der Waals surface area contributed by atoms with E-state index in [1.54, 1.807) is 11.8 Å². The van der Waals surface area contributed by atoms with Gasteiger partial charge < -0.3 is 14.9 Å². The zero-order valence-electron chi connectivity index (χ0n) is 10.7. The fourth-order valence-corrected chi connectivity index (χ4v) is 3.41. The van der Waals surface area contributed by atoms with Crippen molar-refractivity contribution in [3.63, 3.8) is 0 Å². The molecule has 0 amide bonds. The molecule has 4 heteroatoms. The van der Waals surface area contributed by atoms with Gasteiger partial charge in [0, 0.05) is 16.7 Å². The third kappa shape index (κ3) is 2.88. The largest absolute Gasteiger partial charge is 0.394 e. The molecule has 0 radical (unpaired) electrons. The van der Waals surface area contributed by atoms with E-state index in [4.69, 9.17) is 4.74 Å². The predicted octanol–water partition coefficient (Wildman–Crippen LogP) is 2.13. The summed E-state index contributed by atoms with van der Waals surface area (Å²) in [7, 11) is 0. The molecule has 100 valence electrons. The van der Waals surface area contributed by atoms with Crippen LogP contribution >= 0.6 is 11.8 Å². The summed E-state index contributed by atoms with van der Waals surface area (Å²) < 4.78 is 5.89. The molecule has 2 N–H and O–H groups in total. The lowest BCUT2D eigenvalue weighted by Gasteiger charge is -2.41. The van der Waals surface area contributed by atoms with E-state index in [0.717, 1.165) is 4.90 Å². The Hall–Kier alpha value is -0.550. The van der Waals surface area contributed by atoms with Crippen LogP contribution in [0.3, 0.4) is 0 Å². The third-order valence-electron chi connectivity index (χ3n) is 3.58. The molecule has 18 heavy (non-hydrogen) atoms. The van der Waals surface area contributed by atoms with Gasteiger partial charge in [-0.1, -0.05) is 43.8 Å². The second kappa shape index (κ2) is 6.06. The maximum Gasteiger partial charge on any atom is 0.113 e. The van der Waals surface area contributed by atoms with E-state index in [0.29, 0.717) is 0 Å². The molecule has 0 aromatic heterocycles. The molecule has 1 aliphatic heterocycles. The fraction of sp³-hybridized carbons (Fsp3) is 0.571. The van der Waals surface area contributed by atoms with Crippen molar-refractivity contribution in [3.05, 3.63) is 30.3 Å². The summed E-state index contributed by atoms with van der Waals surface area (Å²) >= 11 is 1.60. The number of thioether (sulfide) groups is 1. The van der Waals surface area contributed by atoms with E-state index in [1.807, 2.05) is 44.2 Å². The molecule has 1 aromatic rings. The zero-order chi connectivity index (χ0) is 13.1. The minimum Gasteiger partial charge on any atom is -0.394 e. The number of hydrogen-bond acceptors (Lipinski definition) is 4. The first-order valence-corrected chi connectivity index (χ1v) is 7.17.